The predicted molar refractivity (Wildman–Crippen MR) is 161 cm³/mol. The van der Waals surface area contributed by atoms with E-state index in [0.717, 1.165) is 0 Å². The van der Waals surface area contributed by atoms with Crippen LogP contribution in [0.25, 0.3) is 21.5 Å². The standard InChI is InChI=1S/2C13H14.4C2H6/c1-10(2)12-9-5-7-11-6-3-4-8-13(11)12;1-10(2)12-8-7-11-5-3-4-6-13(11)9-12;4*1-2/h2*3-10H,1-2H3;4*1-2H3. The highest BCUT2D eigenvalue weighted by molar-refractivity contribution is 5.86. The molecule has 0 aliphatic heterocycles. The van der Waals surface area contributed by atoms with Crippen LogP contribution in [-0.2, 0) is 0 Å². The Morgan fingerprint density at radius 2 is 0.882 bits per heavy atom. The molecule has 0 radical (unpaired) electrons. The topological polar surface area (TPSA) is 0 Å². The maximum Gasteiger partial charge on any atom is -0.0149 e. The quantitative estimate of drug-likeness (QED) is 0.279. The molecule has 34 heavy (non-hydrogen) atoms. The molecular formula is C34H52. The molecule has 0 aromatic heterocycles. The highest BCUT2D eigenvalue weighted by atomic mass is 14.1. The molecular weight excluding hydrogens is 408 g/mol. The molecule has 188 valence electrons. The highest BCUT2D eigenvalue weighted by Gasteiger charge is 2.02. The number of hydrogen-bond acceptors (Lipinski definition) is 0. The van der Waals surface area contributed by atoms with Crippen molar-refractivity contribution in [3.8, 4) is 0 Å². The Morgan fingerprint density at radius 1 is 0.412 bits per heavy atom. The average molecular weight is 461 g/mol. The second-order valence-electron chi connectivity index (χ2n) is 7.48. The number of fused-ring (bicyclic) bond motifs is 2. The molecule has 0 N–H and O–H groups in total. The van der Waals surface area contributed by atoms with E-state index in [4.69, 9.17) is 0 Å². The summed E-state index contributed by atoms with van der Waals surface area (Å²) in [7, 11) is 0. The number of benzene rings is 4. The molecule has 0 spiro atoms. The van der Waals surface area contributed by atoms with Gasteiger partial charge in [-0.15, -0.1) is 0 Å². The van der Waals surface area contributed by atoms with Crippen LogP contribution in [0.1, 0.15) is 106 Å². The van der Waals surface area contributed by atoms with Crippen LogP contribution in [0.3, 0.4) is 0 Å². The lowest BCUT2D eigenvalue weighted by Crippen LogP contribution is -1.88. The summed E-state index contributed by atoms with van der Waals surface area (Å²) < 4.78 is 0. The molecule has 4 rings (SSSR count). The van der Waals surface area contributed by atoms with Crippen molar-refractivity contribution in [2.75, 3.05) is 0 Å². The Hall–Kier alpha value is -2.60. The molecule has 0 bridgehead atoms. The zero-order valence-electron chi connectivity index (χ0n) is 24.2. The van der Waals surface area contributed by atoms with Crippen molar-refractivity contribution in [1.29, 1.82) is 0 Å². The van der Waals surface area contributed by atoms with E-state index in [0.29, 0.717) is 11.8 Å². The fraction of sp³-hybridized carbons (Fsp3) is 0.412. The maximum atomic E-state index is 2.28. The van der Waals surface area contributed by atoms with E-state index >= 15 is 0 Å². The molecule has 0 fully saturated rings. The van der Waals surface area contributed by atoms with E-state index in [-0.39, 0.29) is 0 Å². The predicted octanol–water partition coefficient (Wildman–Crippen LogP) is 12.0. The number of hydrogen-bond donors (Lipinski definition) is 0. The Kier molecular flexibility index (Phi) is 20.7. The summed E-state index contributed by atoms with van der Waals surface area (Å²) in [6.45, 7) is 24.9. The monoisotopic (exact) mass is 460 g/mol. The molecule has 0 saturated heterocycles. The van der Waals surface area contributed by atoms with Crippen molar-refractivity contribution >= 4 is 21.5 Å². The zero-order valence-corrected chi connectivity index (χ0v) is 24.2. The van der Waals surface area contributed by atoms with Crippen molar-refractivity contribution in [2.45, 2.75) is 94.9 Å². The minimum Gasteiger partial charge on any atom is -0.0683 e. The molecule has 0 heteroatoms. The first-order valence-corrected chi connectivity index (χ1v) is 13.5. The second kappa shape index (κ2) is 21.0. The molecule has 4 aromatic rings. The van der Waals surface area contributed by atoms with Gasteiger partial charge in [-0.2, -0.15) is 0 Å². The fourth-order valence-electron chi connectivity index (χ4n) is 3.32. The lowest BCUT2D eigenvalue weighted by atomic mass is 9.96. The zero-order chi connectivity index (χ0) is 26.5. The largest absolute Gasteiger partial charge is 0.0683 e. The summed E-state index contributed by atoms with van der Waals surface area (Å²) >= 11 is 0. The van der Waals surface area contributed by atoms with Crippen molar-refractivity contribution < 1.29 is 0 Å². The Morgan fingerprint density at radius 3 is 1.41 bits per heavy atom. The first-order chi connectivity index (χ1) is 16.6. The first-order valence-electron chi connectivity index (χ1n) is 13.5. The van der Waals surface area contributed by atoms with E-state index in [9.17, 15) is 0 Å². The van der Waals surface area contributed by atoms with E-state index in [1.54, 1.807) is 0 Å². The minimum atomic E-state index is 0.603. The van der Waals surface area contributed by atoms with Crippen LogP contribution in [-0.4, -0.2) is 0 Å². The summed E-state index contributed by atoms with van der Waals surface area (Å²) in [5.41, 5.74) is 2.86. The third kappa shape index (κ3) is 11.0. The van der Waals surface area contributed by atoms with Gasteiger partial charge in [0.05, 0.1) is 0 Å². The van der Waals surface area contributed by atoms with Crippen molar-refractivity contribution in [3.63, 3.8) is 0 Å². The van der Waals surface area contributed by atoms with E-state index in [1.165, 1.54) is 32.7 Å². The van der Waals surface area contributed by atoms with Crippen molar-refractivity contribution in [3.05, 3.63) is 96.1 Å². The third-order valence-electron chi connectivity index (χ3n) is 4.89. The SMILES string of the molecule is CC.CC.CC.CC.CC(C)c1ccc2ccccc2c1.CC(C)c1cccc2ccccc12. The first kappa shape index (κ1) is 33.6. The van der Waals surface area contributed by atoms with Gasteiger partial charge in [0.1, 0.15) is 0 Å². The van der Waals surface area contributed by atoms with Crippen molar-refractivity contribution in [1.82, 2.24) is 0 Å². The van der Waals surface area contributed by atoms with Gasteiger partial charge in [-0.3, -0.25) is 0 Å². The molecule has 4 aromatic carbocycles. The van der Waals surface area contributed by atoms with Crippen LogP contribution in [0.2, 0.25) is 0 Å². The summed E-state index contributed by atoms with van der Waals surface area (Å²) in [6, 6.07) is 30.3. The van der Waals surface area contributed by atoms with Gasteiger partial charge < -0.3 is 0 Å². The van der Waals surface area contributed by atoms with E-state index in [1.807, 2.05) is 55.4 Å². The summed E-state index contributed by atoms with van der Waals surface area (Å²) in [6.07, 6.45) is 0. The van der Waals surface area contributed by atoms with Gasteiger partial charge in [-0.05, 0) is 44.5 Å². The van der Waals surface area contributed by atoms with Crippen molar-refractivity contribution in [2.24, 2.45) is 0 Å². The molecule has 0 saturated carbocycles. The molecule has 0 aliphatic carbocycles. The van der Waals surface area contributed by atoms with E-state index < -0.39 is 0 Å². The van der Waals surface area contributed by atoms with Crippen LogP contribution in [0.15, 0.2) is 84.9 Å². The van der Waals surface area contributed by atoms with Gasteiger partial charge in [0, 0.05) is 0 Å². The van der Waals surface area contributed by atoms with Gasteiger partial charge in [0.25, 0.3) is 0 Å². The van der Waals surface area contributed by atoms with E-state index in [2.05, 4.69) is 113 Å². The maximum absolute atomic E-state index is 2.28. The fourth-order valence-corrected chi connectivity index (χ4v) is 3.32. The highest BCUT2D eigenvalue weighted by Crippen LogP contribution is 2.24. The lowest BCUT2D eigenvalue weighted by Gasteiger charge is -2.08. The summed E-state index contributed by atoms with van der Waals surface area (Å²) in [4.78, 5) is 0. The normalized spacial score (nSPS) is 9.12. The molecule has 0 heterocycles. The van der Waals surface area contributed by atoms with Crippen LogP contribution in [0, 0.1) is 0 Å². The molecule has 0 nitrogen and oxygen atoms in total. The van der Waals surface area contributed by atoms with Gasteiger partial charge in [0.2, 0.25) is 0 Å². The summed E-state index contributed by atoms with van der Waals surface area (Å²) in [5, 5.41) is 5.40. The molecule has 0 aliphatic rings. The molecule has 0 atom stereocenters. The molecule has 0 amide bonds. The lowest BCUT2D eigenvalue weighted by molar-refractivity contribution is 0.869. The van der Waals surface area contributed by atoms with Gasteiger partial charge in [-0.25, -0.2) is 0 Å². The summed E-state index contributed by atoms with van der Waals surface area (Å²) in [5.74, 6) is 1.22. The number of rotatable bonds is 2. The second-order valence-corrected chi connectivity index (χ2v) is 7.48. The minimum absolute atomic E-state index is 0.603. The van der Waals surface area contributed by atoms with Gasteiger partial charge >= 0.3 is 0 Å². The molecule has 0 unspecified atom stereocenters. The van der Waals surface area contributed by atoms with Crippen LogP contribution in [0.4, 0.5) is 0 Å². The van der Waals surface area contributed by atoms with Gasteiger partial charge in [0.15, 0.2) is 0 Å². The Bertz CT molecular complexity index is 981. The Balaban J connectivity index is 0. The third-order valence-corrected chi connectivity index (χ3v) is 4.89. The smallest absolute Gasteiger partial charge is 0.0149 e. The van der Waals surface area contributed by atoms with Gasteiger partial charge in [-0.1, -0.05) is 168 Å². The van der Waals surface area contributed by atoms with Crippen LogP contribution >= 0.6 is 0 Å². The van der Waals surface area contributed by atoms with Crippen LogP contribution < -0.4 is 0 Å². The average Bonchev–Trinajstić information content (AvgIpc) is 2.93. The Labute approximate surface area is 212 Å². The van der Waals surface area contributed by atoms with Crippen LogP contribution in [0.5, 0.6) is 0 Å².